The van der Waals surface area contributed by atoms with Crippen LogP contribution in [0.2, 0.25) is 0 Å². The average molecular weight is 367 g/mol. The lowest BCUT2D eigenvalue weighted by atomic mass is 10.1. The molecule has 144 valence electrons. The topological polar surface area (TPSA) is 53.6 Å². The summed E-state index contributed by atoms with van der Waals surface area (Å²) in [4.78, 5) is 14.5. The summed E-state index contributed by atoms with van der Waals surface area (Å²) in [6, 6.07) is 16.1. The summed E-state index contributed by atoms with van der Waals surface area (Å²) in [5, 5.41) is 6.14. The van der Waals surface area contributed by atoms with E-state index in [2.05, 4.69) is 27.7 Å². The van der Waals surface area contributed by atoms with Crippen LogP contribution in [0.3, 0.4) is 0 Å². The maximum atomic E-state index is 12.1. The van der Waals surface area contributed by atoms with Gasteiger partial charge >= 0.3 is 0 Å². The molecular formula is C22H29N3O2. The first-order valence-electron chi connectivity index (χ1n) is 9.74. The molecule has 3 rings (SSSR count). The van der Waals surface area contributed by atoms with Gasteiger partial charge in [0.15, 0.2) is 0 Å². The van der Waals surface area contributed by atoms with Crippen molar-refractivity contribution in [1.82, 2.24) is 5.32 Å². The highest BCUT2D eigenvalue weighted by molar-refractivity contribution is 5.92. The fourth-order valence-electron chi connectivity index (χ4n) is 3.45. The van der Waals surface area contributed by atoms with Crippen LogP contribution < -0.4 is 20.3 Å². The van der Waals surface area contributed by atoms with E-state index in [-0.39, 0.29) is 5.91 Å². The molecule has 0 spiro atoms. The normalized spacial score (nSPS) is 14.0. The third-order valence-electron chi connectivity index (χ3n) is 4.92. The number of benzene rings is 2. The summed E-state index contributed by atoms with van der Waals surface area (Å²) in [7, 11) is 1.68. The van der Waals surface area contributed by atoms with Crippen molar-refractivity contribution in [3.63, 3.8) is 0 Å². The first-order chi connectivity index (χ1) is 13.3. The summed E-state index contributed by atoms with van der Waals surface area (Å²) in [5.41, 5.74) is 3.22. The lowest BCUT2D eigenvalue weighted by Gasteiger charge is -2.28. The van der Waals surface area contributed by atoms with Crippen LogP contribution in [0.5, 0.6) is 5.75 Å². The molecule has 2 aromatic rings. The van der Waals surface area contributed by atoms with Gasteiger partial charge in [0.25, 0.3) is 0 Å². The van der Waals surface area contributed by atoms with Gasteiger partial charge in [0.2, 0.25) is 5.91 Å². The van der Waals surface area contributed by atoms with Gasteiger partial charge in [0.1, 0.15) is 5.75 Å². The number of methoxy groups -OCH3 is 1. The first kappa shape index (κ1) is 19.2. The fraction of sp³-hybridized carbons (Fsp3) is 0.409. The zero-order chi connectivity index (χ0) is 18.9. The Balaban J connectivity index is 1.40. The minimum Gasteiger partial charge on any atom is -0.496 e. The summed E-state index contributed by atoms with van der Waals surface area (Å²) in [6.07, 6.45) is 4.68. The van der Waals surface area contributed by atoms with Crippen LogP contribution in [-0.2, 0) is 11.2 Å². The minimum absolute atomic E-state index is 0.0271. The Morgan fingerprint density at radius 1 is 1.04 bits per heavy atom. The third-order valence-corrected chi connectivity index (χ3v) is 4.92. The highest BCUT2D eigenvalue weighted by Gasteiger charge is 2.11. The molecule has 5 heteroatoms. The quantitative estimate of drug-likeness (QED) is 0.702. The van der Waals surface area contributed by atoms with Crippen molar-refractivity contribution >= 4 is 17.3 Å². The predicted molar refractivity (Wildman–Crippen MR) is 111 cm³/mol. The molecule has 1 fully saturated rings. The number of rotatable bonds is 8. The molecule has 0 unspecified atom stereocenters. The molecule has 1 aliphatic heterocycles. The number of piperidine rings is 1. The van der Waals surface area contributed by atoms with Crippen LogP contribution in [0.4, 0.5) is 11.4 Å². The van der Waals surface area contributed by atoms with Gasteiger partial charge in [-0.05, 0) is 68.1 Å². The van der Waals surface area contributed by atoms with Gasteiger partial charge in [0, 0.05) is 24.5 Å². The number of amides is 1. The van der Waals surface area contributed by atoms with E-state index in [1.54, 1.807) is 7.11 Å². The smallest absolute Gasteiger partial charge is 0.238 e. The number of anilines is 2. The molecule has 1 amide bonds. The van der Waals surface area contributed by atoms with Crippen molar-refractivity contribution < 1.29 is 9.53 Å². The molecule has 0 saturated carbocycles. The first-order valence-corrected chi connectivity index (χ1v) is 9.74. The monoisotopic (exact) mass is 367 g/mol. The van der Waals surface area contributed by atoms with Crippen LogP contribution in [0, 0.1) is 0 Å². The number of carbonyl (C=O) groups excluding carboxylic acids is 1. The van der Waals surface area contributed by atoms with Gasteiger partial charge in [0.05, 0.1) is 13.7 Å². The SMILES string of the molecule is COc1ccccc1CCNCC(=O)Nc1ccc(N2CCCCC2)cc1. The summed E-state index contributed by atoms with van der Waals surface area (Å²) >= 11 is 0. The van der Waals surface area contributed by atoms with Gasteiger partial charge in [-0.3, -0.25) is 4.79 Å². The molecule has 0 aromatic heterocycles. The molecule has 1 aliphatic rings. The molecule has 5 nitrogen and oxygen atoms in total. The van der Waals surface area contributed by atoms with Gasteiger partial charge in [-0.25, -0.2) is 0 Å². The lowest BCUT2D eigenvalue weighted by molar-refractivity contribution is -0.115. The Bertz CT molecular complexity index is 725. The van der Waals surface area contributed by atoms with Crippen molar-refractivity contribution in [3.8, 4) is 5.75 Å². The van der Waals surface area contributed by atoms with E-state index in [9.17, 15) is 4.79 Å². The average Bonchev–Trinajstić information content (AvgIpc) is 2.73. The molecular weight excluding hydrogens is 338 g/mol. The number of nitrogens with one attached hydrogen (secondary N) is 2. The highest BCUT2D eigenvalue weighted by Crippen LogP contribution is 2.21. The molecule has 0 aliphatic carbocycles. The molecule has 2 aromatic carbocycles. The number of para-hydroxylation sites is 1. The Kier molecular flexibility index (Phi) is 7.11. The van der Waals surface area contributed by atoms with Crippen LogP contribution in [0.15, 0.2) is 48.5 Å². The summed E-state index contributed by atoms with van der Waals surface area (Å²) in [5.74, 6) is 0.860. The van der Waals surface area contributed by atoms with Crippen molar-refractivity contribution in [2.45, 2.75) is 25.7 Å². The molecule has 0 atom stereocenters. The van der Waals surface area contributed by atoms with Gasteiger partial charge in [-0.15, -0.1) is 0 Å². The third kappa shape index (κ3) is 5.73. The number of carbonyl (C=O) groups is 1. The van der Waals surface area contributed by atoms with Gasteiger partial charge in [-0.2, -0.15) is 0 Å². The molecule has 27 heavy (non-hydrogen) atoms. The Morgan fingerprint density at radius 3 is 2.52 bits per heavy atom. The fourth-order valence-corrected chi connectivity index (χ4v) is 3.45. The van der Waals surface area contributed by atoms with Crippen molar-refractivity contribution in [3.05, 3.63) is 54.1 Å². The highest BCUT2D eigenvalue weighted by atomic mass is 16.5. The van der Waals surface area contributed by atoms with E-state index in [0.717, 1.165) is 43.1 Å². The van der Waals surface area contributed by atoms with Crippen LogP contribution in [0.25, 0.3) is 0 Å². The van der Waals surface area contributed by atoms with E-state index in [1.807, 2.05) is 36.4 Å². The van der Waals surface area contributed by atoms with Gasteiger partial charge in [-0.1, -0.05) is 18.2 Å². The van der Waals surface area contributed by atoms with E-state index in [1.165, 1.54) is 24.9 Å². The van der Waals surface area contributed by atoms with Crippen molar-refractivity contribution in [1.29, 1.82) is 0 Å². The second-order valence-corrected chi connectivity index (χ2v) is 6.88. The summed E-state index contributed by atoms with van der Waals surface area (Å²) in [6.45, 7) is 3.27. The maximum Gasteiger partial charge on any atom is 0.238 e. The maximum absolute atomic E-state index is 12.1. The zero-order valence-corrected chi connectivity index (χ0v) is 16.0. The standard InChI is InChI=1S/C22H29N3O2/c1-27-21-8-4-3-7-18(21)13-14-23-17-22(26)24-19-9-11-20(12-10-19)25-15-5-2-6-16-25/h3-4,7-12,23H,2,5-6,13-17H2,1H3,(H,24,26). The lowest BCUT2D eigenvalue weighted by Crippen LogP contribution is -2.30. The Morgan fingerprint density at radius 2 is 1.78 bits per heavy atom. The van der Waals surface area contributed by atoms with Crippen molar-refractivity contribution in [2.24, 2.45) is 0 Å². The molecule has 0 radical (unpaired) electrons. The Labute approximate surface area is 161 Å². The second kappa shape index (κ2) is 9.97. The number of nitrogens with zero attached hydrogens (tertiary/aromatic N) is 1. The largest absolute Gasteiger partial charge is 0.496 e. The van der Waals surface area contributed by atoms with Crippen molar-refractivity contribution in [2.75, 3.05) is 43.5 Å². The Hall–Kier alpha value is -2.53. The zero-order valence-electron chi connectivity index (χ0n) is 16.0. The van der Waals surface area contributed by atoms with Gasteiger partial charge < -0.3 is 20.3 Å². The van der Waals surface area contributed by atoms with E-state index in [0.29, 0.717) is 6.54 Å². The van der Waals surface area contributed by atoms with E-state index < -0.39 is 0 Å². The van der Waals surface area contributed by atoms with Crippen LogP contribution in [-0.4, -0.2) is 39.2 Å². The molecule has 2 N–H and O–H groups in total. The van der Waals surface area contributed by atoms with Crippen LogP contribution >= 0.6 is 0 Å². The molecule has 1 heterocycles. The van der Waals surface area contributed by atoms with E-state index >= 15 is 0 Å². The second-order valence-electron chi connectivity index (χ2n) is 6.88. The van der Waals surface area contributed by atoms with E-state index in [4.69, 9.17) is 4.74 Å². The number of hydrogen-bond acceptors (Lipinski definition) is 4. The predicted octanol–water partition coefficient (Wildman–Crippen LogP) is 3.46. The number of ether oxygens (including phenoxy) is 1. The minimum atomic E-state index is -0.0271. The molecule has 1 saturated heterocycles. The summed E-state index contributed by atoms with van der Waals surface area (Å²) < 4.78 is 5.35. The molecule has 0 bridgehead atoms. The number of hydrogen-bond donors (Lipinski definition) is 2. The van der Waals surface area contributed by atoms with Crippen LogP contribution in [0.1, 0.15) is 24.8 Å².